The van der Waals surface area contributed by atoms with Crippen LogP contribution in [0.5, 0.6) is 0 Å². The van der Waals surface area contributed by atoms with Crippen LogP contribution in [0.25, 0.3) is 5.57 Å². The van der Waals surface area contributed by atoms with Gasteiger partial charge in [-0.2, -0.15) is 0 Å². The van der Waals surface area contributed by atoms with E-state index >= 15 is 0 Å². The molecule has 0 amide bonds. The van der Waals surface area contributed by atoms with Crippen molar-refractivity contribution in [1.82, 2.24) is 0 Å². The largest absolute Gasteiger partial charge is 0.377 e. The lowest BCUT2D eigenvalue weighted by Gasteiger charge is -2.16. The molecule has 1 aliphatic rings. The van der Waals surface area contributed by atoms with Crippen LogP contribution in [-0.4, -0.2) is 13.2 Å². The molecule has 0 saturated heterocycles. The molecule has 14 heavy (non-hydrogen) atoms. The number of ether oxygens (including phenoxy) is 1. The molecule has 0 spiro atoms. The minimum atomic E-state index is 0.606. The van der Waals surface area contributed by atoms with Gasteiger partial charge in [0.2, 0.25) is 0 Å². The van der Waals surface area contributed by atoms with Gasteiger partial charge >= 0.3 is 0 Å². The van der Waals surface area contributed by atoms with Crippen LogP contribution in [0.1, 0.15) is 17.5 Å². The van der Waals surface area contributed by atoms with E-state index in [0.717, 1.165) is 19.6 Å². The first kappa shape index (κ1) is 9.44. The van der Waals surface area contributed by atoms with Crippen molar-refractivity contribution in [3.05, 3.63) is 41.5 Å². The van der Waals surface area contributed by atoms with Crippen molar-refractivity contribution in [2.45, 2.75) is 13.0 Å². The van der Waals surface area contributed by atoms with Crippen molar-refractivity contribution >= 4 is 5.57 Å². The summed E-state index contributed by atoms with van der Waals surface area (Å²) in [6.07, 6.45) is 3.15. The summed E-state index contributed by atoms with van der Waals surface area (Å²) in [5.74, 6) is 0. The molecule has 1 aromatic rings. The fraction of sp³-hybridized carbons (Fsp3) is 0.333. The molecule has 0 bridgehead atoms. The van der Waals surface area contributed by atoms with Gasteiger partial charge in [0.1, 0.15) is 0 Å². The van der Waals surface area contributed by atoms with Crippen LogP contribution >= 0.6 is 0 Å². The fourth-order valence-electron chi connectivity index (χ4n) is 1.78. The molecule has 2 heteroatoms. The van der Waals surface area contributed by atoms with Crippen molar-refractivity contribution in [3.63, 3.8) is 0 Å². The summed E-state index contributed by atoms with van der Waals surface area (Å²) in [6.45, 7) is 2.16. The van der Waals surface area contributed by atoms with Gasteiger partial charge in [0.15, 0.2) is 0 Å². The van der Waals surface area contributed by atoms with Gasteiger partial charge in [-0.15, -0.1) is 0 Å². The summed E-state index contributed by atoms with van der Waals surface area (Å²) in [7, 11) is 0. The van der Waals surface area contributed by atoms with E-state index in [2.05, 4.69) is 24.3 Å². The van der Waals surface area contributed by atoms with Gasteiger partial charge in [-0.1, -0.05) is 30.3 Å². The maximum absolute atomic E-state index is 5.70. The van der Waals surface area contributed by atoms with E-state index < -0.39 is 0 Å². The highest BCUT2D eigenvalue weighted by atomic mass is 16.5. The predicted molar refractivity (Wildman–Crippen MR) is 57.7 cm³/mol. The van der Waals surface area contributed by atoms with Gasteiger partial charge in [0.05, 0.1) is 13.2 Å². The molecule has 1 aromatic carbocycles. The zero-order chi connectivity index (χ0) is 9.80. The number of hydrogen-bond donors (Lipinski definition) is 1. The van der Waals surface area contributed by atoms with Crippen molar-refractivity contribution < 1.29 is 4.74 Å². The molecule has 0 radical (unpaired) electrons. The van der Waals surface area contributed by atoms with Crippen LogP contribution in [0, 0.1) is 0 Å². The summed E-state index contributed by atoms with van der Waals surface area (Å²) in [5, 5.41) is 0. The molecule has 2 N–H and O–H groups in total. The molecule has 0 fully saturated rings. The Kier molecular flexibility index (Phi) is 2.96. The highest BCUT2D eigenvalue weighted by Crippen LogP contribution is 2.24. The second kappa shape index (κ2) is 4.40. The summed E-state index contributed by atoms with van der Waals surface area (Å²) in [4.78, 5) is 0. The lowest BCUT2D eigenvalue weighted by Crippen LogP contribution is -2.07. The van der Waals surface area contributed by atoms with E-state index in [1.54, 1.807) is 0 Å². The highest BCUT2D eigenvalue weighted by Gasteiger charge is 2.08. The van der Waals surface area contributed by atoms with Gasteiger partial charge in [0.25, 0.3) is 0 Å². The number of hydrogen-bond acceptors (Lipinski definition) is 2. The second-order valence-electron chi connectivity index (χ2n) is 3.42. The van der Waals surface area contributed by atoms with Crippen molar-refractivity contribution in [2.24, 2.45) is 5.73 Å². The van der Waals surface area contributed by atoms with Crippen LogP contribution in [0.15, 0.2) is 30.3 Å². The molecule has 74 valence electrons. The standard InChI is InChI=1S/C12H15NO/c13-9-11-3-1-2-4-12(11)10-5-7-14-8-6-10/h1-5H,6-9,13H2. The zero-order valence-corrected chi connectivity index (χ0v) is 8.20. The average Bonchev–Trinajstić information content (AvgIpc) is 2.30. The van der Waals surface area contributed by atoms with Crippen LogP contribution in [0.2, 0.25) is 0 Å². The third kappa shape index (κ3) is 1.86. The first-order valence-corrected chi connectivity index (χ1v) is 4.97. The van der Waals surface area contributed by atoms with Crippen LogP contribution in [0.3, 0.4) is 0 Å². The Labute approximate surface area is 84.4 Å². The van der Waals surface area contributed by atoms with Crippen molar-refractivity contribution in [3.8, 4) is 0 Å². The summed E-state index contributed by atoms with van der Waals surface area (Å²) >= 11 is 0. The Morgan fingerprint density at radius 3 is 2.86 bits per heavy atom. The molecule has 0 unspecified atom stereocenters. The zero-order valence-electron chi connectivity index (χ0n) is 8.20. The first-order chi connectivity index (χ1) is 6.92. The molecule has 2 nitrogen and oxygen atoms in total. The molecule has 2 rings (SSSR count). The highest BCUT2D eigenvalue weighted by molar-refractivity contribution is 5.68. The third-order valence-corrected chi connectivity index (χ3v) is 2.55. The molecular weight excluding hydrogens is 174 g/mol. The van der Waals surface area contributed by atoms with Gasteiger partial charge < -0.3 is 10.5 Å². The lowest BCUT2D eigenvalue weighted by molar-refractivity contribution is 0.161. The number of rotatable bonds is 2. The molecule has 1 aliphatic heterocycles. The van der Waals surface area contributed by atoms with Gasteiger partial charge in [-0.3, -0.25) is 0 Å². The van der Waals surface area contributed by atoms with E-state index in [1.165, 1.54) is 16.7 Å². The van der Waals surface area contributed by atoms with E-state index in [1.807, 2.05) is 6.07 Å². The van der Waals surface area contributed by atoms with Gasteiger partial charge in [-0.25, -0.2) is 0 Å². The van der Waals surface area contributed by atoms with E-state index in [9.17, 15) is 0 Å². The normalized spacial score (nSPS) is 16.5. The summed E-state index contributed by atoms with van der Waals surface area (Å²) < 4.78 is 5.29. The van der Waals surface area contributed by atoms with Crippen LogP contribution in [0.4, 0.5) is 0 Å². The molecule has 1 heterocycles. The van der Waals surface area contributed by atoms with E-state index in [0.29, 0.717) is 6.54 Å². The minimum Gasteiger partial charge on any atom is -0.377 e. The van der Waals surface area contributed by atoms with Crippen LogP contribution in [-0.2, 0) is 11.3 Å². The molecule has 0 aliphatic carbocycles. The quantitative estimate of drug-likeness (QED) is 0.771. The monoisotopic (exact) mass is 189 g/mol. The second-order valence-corrected chi connectivity index (χ2v) is 3.42. The average molecular weight is 189 g/mol. The van der Waals surface area contributed by atoms with E-state index in [-0.39, 0.29) is 0 Å². The Hall–Kier alpha value is -1.12. The van der Waals surface area contributed by atoms with Crippen LogP contribution < -0.4 is 5.73 Å². The van der Waals surface area contributed by atoms with Gasteiger partial charge in [0, 0.05) is 6.54 Å². The molecular formula is C12H15NO. The molecule has 0 aromatic heterocycles. The maximum Gasteiger partial charge on any atom is 0.0653 e. The maximum atomic E-state index is 5.70. The first-order valence-electron chi connectivity index (χ1n) is 4.97. The van der Waals surface area contributed by atoms with Crippen molar-refractivity contribution in [1.29, 1.82) is 0 Å². The SMILES string of the molecule is NCc1ccccc1C1=CCOCC1. The number of nitrogens with two attached hydrogens (primary N) is 1. The predicted octanol–water partition coefficient (Wildman–Crippen LogP) is 1.95. The lowest BCUT2D eigenvalue weighted by atomic mass is 9.96. The smallest absolute Gasteiger partial charge is 0.0653 e. The minimum absolute atomic E-state index is 0.606. The van der Waals surface area contributed by atoms with Gasteiger partial charge in [-0.05, 0) is 23.1 Å². The van der Waals surface area contributed by atoms with Crippen molar-refractivity contribution in [2.75, 3.05) is 13.2 Å². The fourth-order valence-corrected chi connectivity index (χ4v) is 1.78. The molecule has 0 saturated carbocycles. The Balaban J connectivity index is 2.34. The van der Waals surface area contributed by atoms with E-state index in [4.69, 9.17) is 10.5 Å². The Morgan fingerprint density at radius 2 is 2.14 bits per heavy atom. The summed E-state index contributed by atoms with van der Waals surface area (Å²) in [6, 6.07) is 8.32. The Bertz CT molecular complexity index is 344. The molecule has 0 atom stereocenters. The third-order valence-electron chi connectivity index (χ3n) is 2.55. The summed E-state index contributed by atoms with van der Waals surface area (Å²) in [5.41, 5.74) is 9.58. The topological polar surface area (TPSA) is 35.2 Å². The Morgan fingerprint density at radius 1 is 1.29 bits per heavy atom. The number of benzene rings is 1.